The van der Waals surface area contributed by atoms with Crippen LogP contribution in [0.5, 0.6) is 0 Å². The van der Waals surface area contributed by atoms with Crippen molar-refractivity contribution in [3.63, 3.8) is 0 Å². The van der Waals surface area contributed by atoms with Crippen molar-refractivity contribution in [2.45, 2.75) is 49.1 Å². The summed E-state index contributed by atoms with van der Waals surface area (Å²) in [5.41, 5.74) is 0. The van der Waals surface area contributed by atoms with Crippen LogP contribution in [0.25, 0.3) is 0 Å². The molecule has 0 aromatic heterocycles. The Morgan fingerprint density at radius 1 is 1.32 bits per heavy atom. The molecule has 1 N–H and O–H groups in total. The SMILES string of the molecule is N#C[C@@H]1CCCN1C(=O)CN[C@H]1CC[C@@H](CSc2ccc(F)cc2)C1. The fraction of sp³-hybridized carbons (Fsp3) is 0.579. The summed E-state index contributed by atoms with van der Waals surface area (Å²) in [7, 11) is 0. The molecule has 3 atom stereocenters. The van der Waals surface area contributed by atoms with E-state index in [1.54, 1.807) is 16.7 Å². The number of rotatable bonds is 6. The molecule has 1 heterocycles. The van der Waals surface area contributed by atoms with Crippen molar-refractivity contribution in [1.82, 2.24) is 10.2 Å². The number of hydrogen-bond acceptors (Lipinski definition) is 4. The normalized spacial score (nSPS) is 25.9. The molecule has 0 spiro atoms. The van der Waals surface area contributed by atoms with Crippen LogP contribution in [-0.4, -0.2) is 41.7 Å². The molecule has 4 nitrogen and oxygen atoms in total. The first-order valence-electron chi connectivity index (χ1n) is 8.96. The van der Waals surface area contributed by atoms with Crippen LogP contribution >= 0.6 is 11.8 Å². The van der Waals surface area contributed by atoms with Gasteiger partial charge in [0, 0.05) is 23.2 Å². The summed E-state index contributed by atoms with van der Waals surface area (Å²) in [6.45, 7) is 1.04. The molecule has 1 aromatic rings. The molecule has 1 aliphatic carbocycles. The van der Waals surface area contributed by atoms with E-state index >= 15 is 0 Å². The van der Waals surface area contributed by atoms with E-state index in [0.29, 0.717) is 25.0 Å². The number of nitrogens with one attached hydrogen (secondary N) is 1. The monoisotopic (exact) mass is 361 g/mol. The van der Waals surface area contributed by atoms with Crippen molar-refractivity contribution in [3.05, 3.63) is 30.1 Å². The van der Waals surface area contributed by atoms with Crippen molar-refractivity contribution >= 4 is 17.7 Å². The minimum absolute atomic E-state index is 0.0492. The van der Waals surface area contributed by atoms with Gasteiger partial charge >= 0.3 is 0 Å². The molecule has 1 saturated heterocycles. The number of halogens is 1. The minimum atomic E-state index is -0.238. The van der Waals surface area contributed by atoms with Crippen LogP contribution in [0, 0.1) is 23.1 Å². The molecule has 2 fully saturated rings. The first-order chi connectivity index (χ1) is 12.2. The zero-order chi connectivity index (χ0) is 17.6. The number of benzene rings is 1. The van der Waals surface area contributed by atoms with E-state index in [9.17, 15) is 9.18 Å². The number of likely N-dealkylation sites (tertiary alicyclic amines) is 1. The summed E-state index contributed by atoms with van der Waals surface area (Å²) in [6, 6.07) is 9.01. The van der Waals surface area contributed by atoms with Gasteiger partial charge in [-0.1, -0.05) is 0 Å². The van der Waals surface area contributed by atoms with E-state index < -0.39 is 0 Å². The maximum atomic E-state index is 12.9. The molecule has 25 heavy (non-hydrogen) atoms. The van der Waals surface area contributed by atoms with Gasteiger partial charge < -0.3 is 10.2 Å². The third-order valence-corrected chi connectivity index (χ3v) is 6.35. The molecule has 0 bridgehead atoms. The fourth-order valence-corrected chi connectivity index (χ4v) is 4.75. The van der Waals surface area contributed by atoms with E-state index in [2.05, 4.69) is 11.4 Å². The Labute approximate surface area is 152 Å². The Bertz CT molecular complexity index is 631. The highest BCUT2D eigenvalue weighted by Gasteiger charge is 2.30. The largest absolute Gasteiger partial charge is 0.326 e. The van der Waals surface area contributed by atoms with Gasteiger partial charge in [-0.3, -0.25) is 4.79 Å². The molecule has 0 radical (unpaired) electrons. The molecule has 1 amide bonds. The molecule has 2 aliphatic rings. The highest BCUT2D eigenvalue weighted by molar-refractivity contribution is 7.99. The minimum Gasteiger partial charge on any atom is -0.326 e. The Morgan fingerprint density at radius 3 is 2.88 bits per heavy atom. The number of carbonyl (C=O) groups is 1. The number of carbonyl (C=O) groups excluding carboxylic acids is 1. The van der Waals surface area contributed by atoms with Gasteiger partial charge in [-0.2, -0.15) is 5.26 Å². The van der Waals surface area contributed by atoms with Crippen molar-refractivity contribution in [2.24, 2.45) is 5.92 Å². The van der Waals surface area contributed by atoms with Gasteiger partial charge in [-0.25, -0.2) is 4.39 Å². The predicted molar refractivity (Wildman–Crippen MR) is 96.6 cm³/mol. The molecule has 1 aromatic carbocycles. The second-order valence-corrected chi connectivity index (χ2v) is 7.99. The van der Waals surface area contributed by atoms with Gasteiger partial charge in [-0.05, 0) is 62.3 Å². The van der Waals surface area contributed by atoms with Gasteiger partial charge in [0.1, 0.15) is 11.9 Å². The van der Waals surface area contributed by atoms with Crippen LogP contribution in [-0.2, 0) is 4.79 Å². The maximum absolute atomic E-state index is 12.9. The summed E-state index contributed by atoms with van der Waals surface area (Å²) in [5.74, 6) is 1.51. The van der Waals surface area contributed by atoms with E-state index in [-0.39, 0.29) is 17.8 Å². The van der Waals surface area contributed by atoms with Crippen LogP contribution in [0.4, 0.5) is 4.39 Å². The highest BCUT2D eigenvalue weighted by Crippen LogP contribution is 2.31. The first-order valence-corrected chi connectivity index (χ1v) is 9.95. The van der Waals surface area contributed by atoms with Gasteiger partial charge in [0.2, 0.25) is 5.91 Å². The molecule has 134 valence electrons. The van der Waals surface area contributed by atoms with Crippen LogP contribution in [0.15, 0.2) is 29.2 Å². The highest BCUT2D eigenvalue weighted by atomic mass is 32.2. The molecular formula is C19H24FN3OS. The van der Waals surface area contributed by atoms with E-state index in [1.165, 1.54) is 12.1 Å². The summed E-state index contributed by atoms with van der Waals surface area (Å²) in [4.78, 5) is 15.1. The van der Waals surface area contributed by atoms with Crippen molar-refractivity contribution in [3.8, 4) is 6.07 Å². The molecule has 0 unspecified atom stereocenters. The number of hydrogen-bond donors (Lipinski definition) is 1. The number of nitrogens with zero attached hydrogens (tertiary/aromatic N) is 2. The molecule has 6 heteroatoms. The fourth-order valence-electron chi connectivity index (χ4n) is 3.69. The summed E-state index contributed by atoms with van der Waals surface area (Å²) < 4.78 is 12.9. The number of thioether (sulfide) groups is 1. The van der Waals surface area contributed by atoms with Gasteiger partial charge in [0.15, 0.2) is 0 Å². The second kappa shape index (κ2) is 8.68. The quantitative estimate of drug-likeness (QED) is 0.791. The first kappa shape index (κ1) is 18.2. The van der Waals surface area contributed by atoms with Gasteiger partial charge in [-0.15, -0.1) is 11.8 Å². The molecule has 1 saturated carbocycles. The third kappa shape index (κ3) is 4.96. The average Bonchev–Trinajstić information content (AvgIpc) is 3.28. The van der Waals surface area contributed by atoms with Crippen molar-refractivity contribution in [1.29, 1.82) is 5.26 Å². The molecule has 3 rings (SSSR count). The maximum Gasteiger partial charge on any atom is 0.237 e. The zero-order valence-corrected chi connectivity index (χ0v) is 15.1. The van der Waals surface area contributed by atoms with Gasteiger partial charge in [0.05, 0.1) is 12.6 Å². The van der Waals surface area contributed by atoms with Gasteiger partial charge in [0.25, 0.3) is 0 Å². The van der Waals surface area contributed by atoms with Crippen LogP contribution in [0.3, 0.4) is 0 Å². The van der Waals surface area contributed by atoms with E-state index in [0.717, 1.165) is 42.8 Å². The number of amides is 1. The number of nitriles is 1. The third-order valence-electron chi connectivity index (χ3n) is 5.10. The second-order valence-electron chi connectivity index (χ2n) is 6.90. The Kier molecular flexibility index (Phi) is 6.33. The van der Waals surface area contributed by atoms with Crippen LogP contribution < -0.4 is 5.32 Å². The van der Waals surface area contributed by atoms with Crippen LogP contribution in [0.1, 0.15) is 32.1 Å². The Balaban J connectivity index is 1.37. The van der Waals surface area contributed by atoms with Crippen molar-refractivity contribution < 1.29 is 9.18 Å². The molecule has 1 aliphatic heterocycles. The smallest absolute Gasteiger partial charge is 0.237 e. The summed E-state index contributed by atoms with van der Waals surface area (Å²) in [5, 5.41) is 12.5. The Morgan fingerprint density at radius 2 is 2.12 bits per heavy atom. The lowest BCUT2D eigenvalue weighted by molar-refractivity contribution is -0.130. The lowest BCUT2D eigenvalue weighted by atomic mass is 10.1. The predicted octanol–water partition coefficient (Wildman–Crippen LogP) is 3.19. The summed E-state index contributed by atoms with van der Waals surface area (Å²) in [6.07, 6.45) is 5.04. The molecular weight excluding hydrogens is 337 g/mol. The lowest BCUT2D eigenvalue weighted by Gasteiger charge is -2.21. The zero-order valence-electron chi connectivity index (χ0n) is 14.3. The van der Waals surface area contributed by atoms with Crippen LogP contribution in [0.2, 0.25) is 0 Å². The lowest BCUT2D eigenvalue weighted by Crippen LogP contribution is -2.42. The van der Waals surface area contributed by atoms with E-state index in [1.807, 2.05) is 12.1 Å². The summed E-state index contributed by atoms with van der Waals surface area (Å²) >= 11 is 1.77. The Hall–Kier alpha value is -1.58. The average molecular weight is 361 g/mol. The van der Waals surface area contributed by atoms with E-state index in [4.69, 9.17) is 5.26 Å². The van der Waals surface area contributed by atoms with Crippen molar-refractivity contribution in [2.75, 3.05) is 18.8 Å². The standard InChI is InChI=1S/C19H24FN3OS/c20-15-4-7-18(8-5-15)25-13-14-3-6-16(10-14)22-12-19(24)23-9-1-2-17(23)11-21/h4-5,7-8,14,16-17,22H,1-3,6,9-10,12-13H2/t14-,16+,17+/m1/s1. The topological polar surface area (TPSA) is 56.1 Å².